The van der Waals surface area contributed by atoms with Crippen LogP contribution in [0.2, 0.25) is 0 Å². The second kappa shape index (κ2) is 6.58. The van der Waals surface area contributed by atoms with Crippen LogP contribution in [0.15, 0.2) is 24.3 Å². The van der Waals surface area contributed by atoms with Crippen LogP contribution in [0.3, 0.4) is 0 Å². The number of nitrogens with one attached hydrogen (secondary N) is 1. The quantitative estimate of drug-likeness (QED) is 0.834. The maximum atomic E-state index is 13.2. The molecule has 0 aromatic heterocycles. The first kappa shape index (κ1) is 17.0. The number of carbonyl (C=O) groups is 1. The first-order valence-corrected chi connectivity index (χ1v) is 7.93. The second-order valence-corrected chi connectivity index (χ2v) is 6.15. The molecule has 2 saturated heterocycles. The number of halogens is 4. The van der Waals surface area contributed by atoms with Gasteiger partial charge in [0.15, 0.2) is 0 Å². The summed E-state index contributed by atoms with van der Waals surface area (Å²) in [6.45, 7) is 2.26. The van der Waals surface area contributed by atoms with Gasteiger partial charge in [0.2, 0.25) is 5.91 Å². The van der Waals surface area contributed by atoms with Crippen LogP contribution in [0, 0.1) is 0 Å². The molecule has 2 fully saturated rings. The van der Waals surface area contributed by atoms with Gasteiger partial charge in [0.1, 0.15) is 6.17 Å². The molecule has 132 valence electrons. The van der Waals surface area contributed by atoms with Crippen LogP contribution in [-0.2, 0) is 11.0 Å². The van der Waals surface area contributed by atoms with Crippen LogP contribution in [0.25, 0.3) is 0 Å². The molecule has 0 aliphatic carbocycles. The number of anilines is 1. The number of amides is 1. The van der Waals surface area contributed by atoms with Gasteiger partial charge in [-0.05, 0) is 24.3 Å². The van der Waals surface area contributed by atoms with E-state index in [-0.39, 0.29) is 18.9 Å². The summed E-state index contributed by atoms with van der Waals surface area (Å²) in [4.78, 5) is 15.9. The van der Waals surface area contributed by atoms with Crippen LogP contribution in [0.5, 0.6) is 0 Å². The molecular formula is C16H19F4N3O. The van der Waals surface area contributed by atoms with E-state index in [0.717, 1.165) is 12.1 Å². The fourth-order valence-electron chi connectivity index (χ4n) is 3.15. The van der Waals surface area contributed by atoms with Crippen molar-refractivity contribution in [2.24, 2.45) is 0 Å². The van der Waals surface area contributed by atoms with Gasteiger partial charge in [-0.2, -0.15) is 13.2 Å². The van der Waals surface area contributed by atoms with Gasteiger partial charge in [0.05, 0.1) is 11.6 Å². The molecule has 3 rings (SSSR count). The summed E-state index contributed by atoms with van der Waals surface area (Å²) in [7, 11) is 0. The smallest absolute Gasteiger partial charge is 0.368 e. The van der Waals surface area contributed by atoms with Crippen molar-refractivity contribution in [1.82, 2.24) is 10.2 Å². The molecule has 2 aliphatic heterocycles. The maximum absolute atomic E-state index is 13.2. The molecule has 2 atom stereocenters. The van der Waals surface area contributed by atoms with Crippen LogP contribution < -0.4 is 10.2 Å². The molecule has 4 nitrogen and oxygen atoms in total. The molecule has 1 amide bonds. The van der Waals surface area contributed by atoms with E-state index in [1.807, 2.05) is 4.90 Å². The lowest BCUT2D eigenvalue weighted by molar-refractivity contribution is -0.137. The molecule has 8 heteroatoms. The molecule has 1 aromatic carbocycles. The number of piperazine rings is 1. The highest BCUT2D eigenvalue weighted by atomic mass is 19.4. The lowest BCUT2D eigenvalue weighted by atomic mass is 10.1. The minimum Gasteiger partial charge on any atom is -0.368 e. The molecule has 0 saturated carbocycles. The zero-order chi connectivity index (χ0) is 17.3. The van der Waals surface area contributed by atoms with E-state index in [2.05, 4.69) is 5.32 Å². The third-order valence-electron chi connectivity index (χ3n) is 4.53. The fraction of sp³-hybridized carbons (Fsp3) is 0.562. The summed E-state index contributed by atoms with van der Waals surface area (Å²) in [6.07, 6.45) is -5.11. The minimum absolute atomic E-state index is 0.0952. The van der Waals surface area contributed by atoms with Crippen molar-refractivity contribution < 1.29 is 22.4 Å². The first-order valence-electron chi connectivity index (χ1n) is 7.93. The molecule has 2 aliphatic rings. The fourth-order valence-corrected chi connectivity index (χ4v) is 3.15. The number of benzene rings is 1. The van der Waals surface area contributed by atoms with Gasteiger partial charge in [-0.15, -0.1) is 0 Å². The number of hydrogen-bond acceptors (Lipinski definition) is 3. The Morgan fingerprint density at radius 3 is 2.21 bits per heavy atom. The molecular weight excluding hydrogens is 326 g/mol. The summed E-state index contributed by atoms with van der Waals surface area (Å²) < 4.78 is 50.9. The Labute approximate surface area is 137 Å². The van der Waals surface area contributed by atoms with Crippen molar-refractivity contribution in [3.63, 3.8) is 0 Å². The van der Waals surface area contributed by atoms with E-state index in [1.54, 1.807) is 4.90 Å². The maximum Gasteiger partial charge on any atom is 0.416 e. The summed E-state index contributed by atoms with van der Waals surface area (Å²) in [6, 6.07) is 4.57. The van der Waals surface area contributed by atoms with Gasteiger partial charge in [0.25, 0.3) is 0 Å². The molecule has 1 N–H and O–H groups in total. The van der Waals surface area contributed by atoms with E-state index < -0.39 is 24.0 Å². The van der Waals surface area contributed by atoms with Gasteiger partial charge in [-0.3, -0.25) is 4.79 Å². The van der Waals surface area contributed by atoms with Crippen LogP contribution >= 0.6 is 0 Å². The Balaban J connectivity index is 1.56. The van der Waals surface area contributed by atoms with Crippen molar-refractivity contribution in [2.45, 2.75) is 24.8 Å². The Bertz CT molecular complexity index is 582. The number of hydrogen-bond donors (Lipinski definition) is 1. The average Bonchev–Trinajstić information content (AvgIpc) is 3.00. The highest BCUT2D eigenvalue weighted by Gasteiger charge is 2.34. The predicted molar refractivity (Wildman–Crippen MR) is 81.5 cm³/mol. The Morgan fingerprint density at radius 2 is 1.71 bits per heavy atom. The minimum atomic E-state index is -4.34. The van der Waals surface area contributed by atoms with E-state index in [0.29, 0.717) is 31.9 Å². The van der Waals surface area contributed by atoms with E-state index in [4.69, 9.17) is 0 Å². The monoisotopic (exact) mass is 345 g/mol. The lowest BCUT2D eigenvalue weighted by Gasteiger charge is -2.37. The van der Waals surface area contributed by atoms with E-state index >= 15 is 0 Å². The molecule has 0 radical (unpaired) electrons. The Hall–Kier alpha value is -1.83. The van der Waals surface area contributed by atoms with Crippen molar-refractivity contribution in [3.8, 4) is 0 Å². The van der Waals surface area contributed by atoms with Crippen molar-refractivity contribution in [1.29, 1.82) is 0 Å². The summed E-state index contributed by atoms with van der Waals surface area (Å²) in [5.74, 6) is -0.0952. The number of carbonyl (C=O) groups excluding carboxylic acids is 1. The summed E-state index contributed by atoms with van der Waals surface area (Å²) in [5.41, 5.74) is 0.0334. The lowest BCUT2D eigenvalue weighted by Crippen LogP contribution is -2.53. The number of rotatable bonds is 2. The van der Waals surface area contributed by atoms with Crippen LogP contribution in [0.4, 0.5) is 23.2 Å². The van der Waals surface area contributed by atoms with Crippen molar-refractivity contribution in [2.75, 3.05) is 37.6 Å². The van der Waals surface area contributed by atoms with Gasteiger partial charge >= 0.3 is 6.18 Å². The van der Waals surface area contributed by atoms with Gasteiger partial charge in [-0.25, -0.2) is 4.39 Å². The highest BCUT2D eigenvalue weighted by molar-refractivity contribution is 5.82. The predicted octanol–water partition coefficient (Wildman–Crippen LogP) is 2.05. The van der Waals surface area contributed by atoms with E-state index in [1.165, 1.54) is 12.1 Å². The second-order valence-electron chi connectivity index (χ2n) is 6.15. The van der Waals surface area contributed by atoms with Crippen molar-refractivity contribution >= 4 is 11.6 Å². The molecule has 24 heavy (non-hydrogen) atoms. The summed E-state index contributed by atoms with van der Waals surface area (Å²) >= 11 is 0. The molecule has 0 bridgehead atoms. The molecule has 2 heterocycles. The van der Waals surface area contributed by atoms with Crippen LogP contribution in [0.1, 0.15) is 12.0 Å². The highest BCUT2D eigenvalue weighted by Crippen LogP contribution is 2.30. The van der Waals surface area contributed by atoms with E-state index in [9.17, 15) is 22.4 Å². The topological polar surface area (TPSA) is 35.6 Å². The molecule has 1 aromatic rings. The number of alkyl halides is 4. The third-order valence-corrected chi connectivity index (χ3v) is 4.53. The van der Waals surface area contributed by atoms with Gasteiger partial charge in [-0.1, -0.05) is 0 Å². The van der Waals surface area contributed by atoms with Crippen LogP contribution in [-0.4, -0.2) is 55.7 Å². The molecule has 0 unspecified atom stereocenters. The largest absolute Gasteiger partial charge is 0.416 e. The van der Waals surface area contributed by atoms with Gasteiger partial charge in [0, 0.05) is 44.8 Å². The average molecular weight is 345 g/mol. The number of nitrogens with zero attached hydrogens (tertiary/aromatic N) is 2. The standard InChI is InChI=1S/C16H19F4N3O/c17-12-9-14(21-10-12)15(24)23-7-5-22(6-8-23)13-3-1-11(2-4-13)16(18,19)20/h1-4,12,14,21H,5-10H2/t12-,14+/m0/s1. The normalized spacial score (nSPS) is 25.2. The Kier molecular flexibility index (Phi) is 4.67. The third kappa shape index (κ3) is 3.63. The SMILES string of the molecule is O=C([C@H]1C[C@H](F)CN1)N1CCN(c2ccc(C(F)(F)F)cc2)CC1. The van der Waals surface area contributed by atoms with Crippen molar-refractivity contribution in [3.05, 3.63) is 29.8 Å². The Morgan fingerprint density at radius 1 is 1.08 bits per heavy atom. The zero-order valence-electron chi connectivity index (χ0n) is 13.0. The first-order chi connectivity index (χ1) is 11.3. The van der Waals surface area contributed by atoms with Gasteiger partial charge < -0.3 is 15.1 Å². The molecule has 0 spiro atoms. The summed E-state index contributed by atoms with van der Waals surface area (Å²) in [5, 5.41) is 2.88. The zero-order valence-corrected chi connectivity index (χ0v) is 13.0.